The van der Waals surface area contributed by atoms with Gasteiger partial charge in [-0.15, -0.1) is 6.42 Å². The van der Waals surface area contributed by atoms with Crippen molar-refractivity contribution in [3.05, 3.63) is 23.0 Å². The second-order valence-corrected chi connectivity index (χ2v) is 3.91. The molecule has 0 saturated carbocycles. The van der Waals surface area contributed by atoms with Gasteiger partial charge in [-0.1, -0.05) is 17.5 Å². The molecule has 0 bridgehead atoms. The first kappa shape index (κ1) is 14.8. The van der Waals surface area contributed by atoms with Gasteiger partial charge in [0.25, 0.3) is 0 Å². The van der Waals surface area contributed by atoms with Crippen LogP contribution < -0.4 is 16.0 Å². The van der Waals surface area contributed by atoms with Crippen LogP contribution >= 0.6 is 11.6 Å². The fourth-order valence-corrected chi connectivity index (χ4v) is 1.43. The van der Waals surface area contributed by atoms with Crippen LogP contribution in [0.2, 0.25) is 5.02 Å². The molecule has 7 heteroatoms. The normalized spacial score (nSPS) is 9.37. The van der Waals surface area contributed by atoms with E-state index in [1.54, 1.807) is 0 Å². The van der Waals surface area contributed by atoms with E-state index in [9.17, 15) is 14.0 Å². The summed E-state index contributed by atoms with van der Waals surface area (Å²) in [5.41, 5.74) is 0.0745. The van der Waals surface area contributed by atoms with Gasteiger partial charge in [-0.05, 0) is 12.1 Å². The quantitative estimate of drug-likeness (QED) is 0.744. The molecule has 0 aliphatic carbocycles. The summed E-state index contributed by atoms with van der Waals surface area (Å²) >= 11 is 5.78. The van der Waals surface area contributed by atoms with Crippen molar-refractivity contribution in [3.63, 3.8) is 0 Å². The van der Waals surface area contributed by atoms with E-state index in [-0.39, 0.29) is 22.9 Å². The summed E-state index contributed by atoms with van der Waals surface area (Å²) < 4.78 is 13.5. The lowest BCUT2D eigenvalue weighted by atomic mass is 10.2. The fraction of sp³-hybridized carbons (Fsp3) is 0.167. The van der Waals surface area contributed by atoms with Gasteiger partial charge in [-0.2, -0.15) is 0 Å². The molecule has 0 aromatic heterocycles. The number of anilines is 2. The first-order valence-corrected chi connectivity index (χ1v) is 5.56. The van der Waals surface area contributed by atoms with Gasteiger partial charge in [0.2, 0.25) is 5.91 Å². The molecule has 19 heavy (non-hydrogen) atoms. The summed E-state index contributed by atoms with van der Waals surface area (Å²) in [5, 5.41) is 7.03. The average molecular weight is 284 g/mol. The van der Waals surface area contributed by atoms with Gasteiger partial charge in [0, 0.05) is 6.92 Å². The van der Waals surface area contributed by atoms with Crippen LogP contribution in [0.5, 0.6) is 0 Å². The second-order valence-electron chi connectivity index (χ2n) is 3.50. The highest BCUT2D eigenvalue weighted by molar-refractivity contribution is 6.33. The molecule has 0 radical (unpaired) electrons. The molecule has 0 heterocycles. The molecule has 1 aromatic rings. The average Bonchev–Trinajstić information content (AvgIpc) is 2.32. The Hall–Kier alpha value is -2.26. The molecule has 5 nitrogen and oxygen atoms in total. The van der Waals surface area contributed by atoms with Crippen LogP contribution in [0.1, 0.15) is 6.92 Å². The monoisotopic (exact) mass is 283 g/mol. The Morgan fingerprint density at radius 1 is 1.37 bits per heavy atom. The minimum atomic E-state index is -0.699. The number of rotatable bonds is 3. The molecule has 0 unspecified atom stereocenters. The first-order chi connectivity index (χ1) is 8.93. The molecule has 0 aliphatic rings. The Morgan fingerprint density at radius 2 is 2.05 bits per heavy atom. The smallest absolute Gasteiger partial charge is 0.320 e. The Balaban J connectivity index is 2.91. The maximum absolute atomic E-state index is 13.5. The molecule has 0 fully saturated rings. The second kappa shape index (κ2) is 6.61. The van der Waals surface area contributed by atoms with Crippen molar-refractivity contribution in [1.82, 2.24) is 5.32 Å². The third kappa shape index (κ3) is 4.48. The number of urea groups is 1. The summed E-state index contributed by atoms with van der Waals surface area (Å²) in [6.07, 6.45) is 4.98. The first-order valence-electron chi connectivity index (χ1n) is 5.19. The van der Waals surface area contributed by atoms with Crippen molar-refractivity contribution >= 4 is 34.9 Å². The van der Waals surface area contributed by atoms with Crippen LogP contribution in [0.15, 0.2) is 12.1 Å². The van der Waals surface area contributed by atoms with Crippen molar-refractivity contribution in [2.24, 2.45) is 0 Å². The lowest BCUT2D eigenvalue weighted by molar-refractivity contribution is -0.114. The van der Waals surface area contributed by atoms with Crippen LogP contribution in [0, 0.1) is 18.2 Å². The Bertz CT molecular complexity index is 555. The van der Waals surface area contributed by atoms with E-state index in [0.717, 1.165) is 6.07 Å². The van der Waals surface area contributed by atoms with Crippen LogP contribution in [0.4, 0.5) is 20.6 Å². The van der Waals surface area contributed by atoms with E-state index in [2.05, 4.69) is 21.9 Å². The summed E-state index contributed by atoms with van der Waals surface area (Å²) in [7, 11) is 0. The van der Waals surface area contributed by atoms with Gasteiger partial charge in [0.05, 0.1) is 22.9 Å². The zero-order chi connectivity index (χ0) is 14.4. The minimum Gasteiger partial charge on any atom is -0.327 e. The Morgan fingerprint density at radius 3 is 2.63 bits per heavy atom. The minimum absolute atomic E-state index is 0.00228. The van der Waals surface area contributed by atoms with Crippen molar-refractivity contribution in [2.45, 2.75) is 6.92 Å². The number of terminal acetylenes is 1. The number of halogens is 2. The molecular weight excluding hydrogens is 273 g/mol. The van der Waals surface area contributed by atoms with Crippen LogP contribution in [0.3, 0.4) is 0 Å². The van der Waals surface area contributed by atoms with Crippen molar-refractivity contribution in [1.29, 1.82) is 0 Å². The van der Waals surface area contributed by atoms with Crippen molar-refractivity contribution < 1.29 is 14.0 Å². The number of carbonyl (C=O) groups is 2. The highest BCUT2D eigenvalue weighted by Gasteiger charge is 2.11. The number of nitrogens with one attached hydrogen (secondary N) is 3. The van der Waals surface area contributed by atoms with Gasteiger partial charge in [0.1, 0.15) is 5.82 Å². The highest BCUT2D eigenvalue weighted by atomic mass is 35.5. The summed E-state index contributed by atoms with van der Waals surface area (Å²) in [6, 6.07) is 1.62. The van der Waals surface area contributed by atoms with Crippen molar-refractivity contribution in [2.75, 3.05) is 17.2 Å². The highest BCUT2D eigenvalue weighted by Crippen LogP contribution is 2.28. The van der Waals surface area contributed by atoms with Crippen LogP contribution in [0.25, 0.3) is 0 Å². The van der Waals surface area contributed by atoms with E-state index < -0.39 is 17.8 Å². The van der Waals surface area contributed by atoms with E-state index in [1.165, 1.54) is 13.0 Å². The lowest BCUT2D eigenvalue weighted by Crippen LogP contribution is -2.29. The maximum atomic E-state index is 13.5. The summed E-state index contributed by atoms with van der Waals surface area (Å²) in [5.74, 6) is 1.08. The molecule has 3 amide bonds. The molecule has 0 atom stereocenters. The number of hydrogen-bond acceptors (Lipinski definition) is 2. The van der Waals surface area contributed by atoms with Crippen molar-refractivity contribution in [3.8, 4) is 12.3 Å². The maximum Gasteiger partial charge on any atom is 0.320 e. The lowest BCUT2D eigenvalue weighted by Gasteiger charge is -2.11. The summed E-state index contributed by atoms with van der Waals surface area (Å²) in [6.45, 7) is 1.28. The zero-order valence-electron chi connectivity index (χ0n) is 10.0. The standard InChI is InChI=1S/C12H11ClFN3O2/c1-3-4-15-12(19)17-10-6-11(16-7(2)18)9(14)5-8(10)13/h1,5-6H,4H2,2H3,(H,16,18)(H2,15,17,19). The van der Waals surface area contributed by atoms with E-state index in [1.807, 2.05) is 0 Å². The number of hydrogen-bond donors (Lipinski definition) is 3. The van der Waals surface area contributed by atoms with E-state index >= 15 is 0 Å². The van der Waals surface area contributed by atoms with E-state index in [4.69, 9.17) is 18.0 Å². The van der Waals surface area contributed by atoms with Gasteiger partial charge in [-0.25, -0.2) is 9.18 Å². The number of benzene rings is 1. The predicted molar refractivity (Wildman–Crippen MR) is 71.6 cm³/mol. The number of carbonyl (C=O) groups excluding carboxylic acids is 2. The fourth-order valence-electron chi connectivity index (χ4n) is 1.23. The SMILES string of the molecule is C#CCNC(=O)Nc1cc(NC(C)=O)c(F)cc1Cl. The molecular formula is C12H11ClFN3O2. The molecule has 1 aromatic carbocycles. The zero-order valence-corrected chi connectivity index (χ0v) is 10.8. The third-order valence-electron chi connectivity index (χ3n) is 1.97. The Kier molecular flexibility index (Phi) is 5.15. The molecule has 3 N–H and O–H groups in total. The molecule has 0 aliphatic heterocycles. The van der Waals surface area contributed by atoms with Gasteiger partial charge in [-0.3, -0.25) is 4.79 Å². The summed E-state index contributed by atoms with van der Waals surface area (Å²) in [4.78, 5) is 22.3. The van der Waals surface area contributed by atoms with Gasteiger partial charge in [0.15, 0.2) is 0 Å². The predicted octanol–water partition coefficient (Wildman–Crippen LogP) is 2.19. The van der Waals surface area contributed by atoms with E-state index in [0.29, 0.717) is 0 Å². The van der Waals surface area contributed by atoms with Crippen LogP contribution in [-0.4, -0.2) is 18.5 Å². The number of amides is 3. The molecule has 100 valence electrons. The topological polar surface area (TPSA) is 70.2 Å². The molecule has 1 rings (SSSR count). The largest absolute Gasteiger partial charge is 0.327 e. The Labute approximate surface area is 114 Å². The van der Waals surface area contributed by atoms with Gasteiger partial charge < -0.3 is 16.0 Å². The third-order valence-corrected chi connectivity index (χ3v) is 2.28. The molecule has 0 saturated heterocycles. The molecule has 0 spiro atoms. The van der Waals surface area contributed by atoms with Gasteiger partial charge >= 0.3 is 6.03 Å². The van der Waals surface area contributed by atoms with Crippen LogP contribution in [-0.2, 0) is 4.79 Å².